The van der Waals surface area contributed by atoms with E-state index in [2.05, 4.69) is 22.1 Å². The predicted molar refractivity (Wildman–Crippen MR) is 125 cm³/mol. The second-order valence-corrected chi connectivity index (χ2v) is 8.65. The number of rotatable bonds is 4. The van der Waals surface area contributed by atoms with Crippen molar-refractivity contribution >= 4 is 11.7 Å². The van der Waals surface area contributed by atoms with Gasteiger partial charge in [0.1, 0.15) is 18.2 Å². The number of hydrogen-bond acceptors (Lipinski definition) is 4. The van der Waals surface area contributed by atoms with E-state index < -0.39 is 17.7 Å². The number of benzene rings is 2. The number of nitrogens with zero attached hydrogens (tertiary/aromatic N) is 2. The standard InChI is InChI=1S/C26H29F2N3O3/c1-34-14-4-5-18-6-8-19(9-7-18)25-23-16-30(12-2-3-13-31(23)24(25)17-32)26(33)29-22-15-20(27)10-11-21(22)28/h6-11,15,23-25,32H,2-3,12-14,16-17H2,1H3,(H,29,33)/t23-,24+,25-/m1/s1. The van der Waals surface area contributed by atoms with Crippen molar-refractivity contribution in [3.8, 4) is 11.8 Å². The summed E-state index contributed by atoms with van der Waals surface area (Å²) in [5.41, 5.74) is 1.79. The lowest BCUT2D eigenvalue weighted by molar-refractivity contribution is -0.0585. The molecule has 2 aliphatic heterocycles. The molecule has 2 amide bonds. The van der Waals surface area contributed by atoms with E-state index in [9.17, 15) is 18.7 Å². The van der Waals surface area contributed by atoms with Crippen molar-refractivity contribution in [3.63, 3.8) is 0 Å². The van der Waals surface area contributed by atoms with Gasteiger partial charge in [-0.05, 0) is 49.2 Å². The minimum atomic E-state index is -0.682. The van der Waals surface area contributed by atoms with Crippen molar-refractivity contribution < 1.29 is 23.4 Å². The van der Waals surface area contributed by atoms with Gasteiger partial charge in [-0.3, -0.25) is 4.90 Å². The average molecular weight is 470 g/mol. The molecule has 0 unspecified atom stereocenters. The van der Waals surface area contributed by atoms with Crippen molar-refractivity contribution in [2.75, 3.05) is 45.3 Å². The van der Waals surface area contributed by atoms with Gasteiger partial charge >= 0.3 is 6.03 Å². The van der Waals surface area contributed by atoms with Gasteiger partial charge in [0.05, 0.1) is 12.3 Å². The van der Waals surface area contributed by atoms with Gasteiger partial charge in [-0.1, -0.05) is 24.0 Å². The van der Waals surface area contributed by atoms with Crippen LogP contribution in [-0.2, 0) is 4.74 Å². The Balaban J connectivity index is 1.51. The fourth-order valence-electron chi connectivity index (χ4n) is 4.91. The zero-order chi connectivity index (χ0) is 24.1. The van der Waals surface area contributed by atoms with Crippen LogP contribution in [0, 0.1) is 23.5 Å². The summed E-state index contributed by atoms with van der Waals surface area (Å²) < 4.78 is 32.5. The number of amides is 2. The number of anilines is 1. The molecule has 0 radical (unpaired) electrons. The van der Waals surface area contributed by atoms with E-state index in [1.54, 1.807) is 12.0 Å². The summed E-state index contributed by atoms with van der Waals surface area (Å²) >= 11 is 0. The zero-order valence-electron chi connectivity index (χ0n) is 19.1. The van der Waals surface area contributed by atoms with E-state index in [1.807, 2.05) is 24.3 Å². The van der Waals surface area contributed by atoms with Crippen LogP contribution in [0.15, 0.2) is 42.5 Å². The number of methoxy groups -OCH3 is 1. The Morgan fingerprint density at radius 2 is 1.94 bits per heavy atom. The molecule has 0 aromatic heterocycles. The lowest BCUT2D eigenvalue weighted by atomic mass is 9.74. The summed E-state index contributed by atoms with van der Waals surface area (Å²) in [6.07, 6.45) is 1.67. The molecule has 2 heterocycles. The molecule has 2 aromatic rings. The second-order valence-electron chi connectivity index (χ2n) is 8.65. The topological polar surface area (TPSA) is 65.0 Å². The van der Waals surface area contributed by atoms with Gasteiger partial charge in [0.15, 0.2) is 0 Å². The SMILES string of the molecule is COCC#Cc1ccc([C@@H]2[C@H]3CN(C(=O)Nc4cc(F)ccc4F)CCCCN3[C@H]2CO)cc1. The third-order valence-electron chi connectivity index (χ3n) is 6.57. The summed E-state index contributed by atoms with van der Waals surface area (Å²) in [5, 5.41) is 12.6. The number of ether oxygens (including phenoxy) is 1. The van der Waals surface area contributed by atoms with Crippen LogP contribution >= 0.6 is 0 Å². The van der Waals surface area contributed by atoms with Crippen molar-refractivity contribution in [1.29, 1.82) is 0 Å². The summed E-state index contributed by atoms with van der Waals surface area (Å²) in [6, 6.07) is 10.5. The molecule has 6 nitrogen and oxygen atoms in total. The van der Waals surface area contributed by atoms with Gasteiger partial charge in [-0.25, -0.2) is 13.6 Å². The quantitative estimate of drug-likeness (QED) is 0.674. The number of urea groups is 1. The van der Waals surface area contributed by atoms with Gasteiger partial charge in [0.25, 0.3) is 0 Å². The number of carbonyl (C=O) groups is 1. The minimum Gasteiger partial charge on any atom is -0.395 e. The Hall–Kier alpha value is -2.99. The molecule has 2 saturated heterocycles. The van der Waals surface area contributed by atoms with Gasteiger partial charge in [-0.2, -0.15) is 0 Å². The zero-order valence-corrected chi connectivity index (χ0v) is 19.1. The number of carbonyl (C=O) groups excluding carboxylic acids is 1. The Morgan fingerprint density at radius 3 is 2.68 bits per heavy atom. The normalized spacial score (nSPS) is 22.5. The molecule has 4 rings (SSSR count). The number of fused-ring (bicyclic) bond motifs is 1. The van der Waals surface area contributed by atoms with Gasteiger partial charge < -0.3 is 20.1 Å². The van der Waals surface area contributed by atoms with Crippen LogP contribution in [0.3, 0.4) is 0 Å². The van der Waals surface area contributed by atoms with E-state index >= 15 is 0 Å². The molecule has 2 fully saturated rings. The Morgan fingerprint density at radius 1 is 1.18 bits per heavy atom. The molecule has 34 heavy (non-hydrogen) atoms. The first-order valence-corrected chi connectivity index (χ1v) is 11.5. The van der Waals surface area contributed by atoms with Crippen molar-refractivity contribution in [2.24, 2.45) is 0 Å². The maximum Gasteiger partial charge on any atom is 0.321 e. The first-order valence-electron chi connectivity index (χ1n) is 11.5. The number of halogens is 2. The van der Waals surface area contributed by atoms with Crippen LogP contribution in [0.2, 0.25) is 0 Å². The van der Waals surface area contributed by atoms with Crippen LogP contribution in [-0.4, -0.2) is 73.0 Å². The van der Waals surface area contributed by atoms with Gasteiger partial charge in [0.2, 0.25) is 0 Å². The average Bonchev–Trinajstić information content (AvgIpc) is 2.81. The number of hydrogen-bond donors (Lipinski definition) is 2. The van der Waals surface area contributed by atoms with Crippen molar-refractivity contribution in [3.05, 3.63) is 65.2 Å². The van der Waals surface area contributed by atoms with Crippen molar-refractivity contribution in [2.45, 2.75) is 30.8 Å². The molecule has 8 heteroatoms. The van der Waals surface area contributed by atoms with Crippen LogP contribution in [0.1, 0.15) is 29.9 Å². The first kappa shape index (κ1) is 24.1. The van der Waals surface area contributed by atoms with E-state index in [0.29, 0.717) is 19.7 Å². The van der Waals surface area contributed by atoms with Crippen LogP contribution in [0.4, 0.5) is 19.3 Å². The summed E-state index contributed by atoms with van der Waals surface area (Å²) in [4.78, 5) is 16.9. The highest BCUT2D eigenvalue weighted by atomic mass is 19.1. The number of nitrogens with one attached hydrogen (secondary N) is 1. The molecule has 0 saturated carbocycles. The second kappa shape index (κ2) is 11.0. The van der Waals surface area contributed by atoms with Crippen LogP contribution < -0.4 is 5.32 Å². The van der Waals surface area contributed by atoms with E-state index in [4.69, 9.17) is 4.74 Å². The third-order valence-corrected chi connectivity index (χ3v) is 6.57. The summed E-state index contributed by atoms with van der Waals surface area (Å²) in [7, 11) is 1.60. The molecule has 3 atom stereocenters. The fourth-order valence-corrected chi connectivity index (χ4v) is 4.91. The van der Waals surface area contributed by atoms with Crippen LogP contribution in [0.25, 0.3) is 0 Å². The fraction of sp³-hybridized carbons (Fsp3) is 0.423. The third kappa shape index (κ3) is 5.22. The minimum absolute atomic E-state index is 0.0194. The molecular weight excluding hydrogens is 440 g/mol. The molecule has 0 spiro atoms. The molecule has 2 aliphatic rings. The highest BCUT2D eigenvalue weighted by Crippen LogP contribution is 2.42. The number of aliphatic hydroxyl groups is 1. The Bertz CT molecular complexity index is 1070. The highest BCUT2D eigenvalue weighted by molar-refractivity contribution is 5.89. The Kier molecular flexibility index (Phi) is 7.78. The van der Waals surface area contributed by atoms with E-state index in [-0.39, 0.29) is 30.3 Å². The monoisotopic (exact) mass is 469 g/mol. The molecule has 180 valence electrons. The predicted octanol–water partition coefficient (Wildman–Crippen LogP) is 3.42. The van der Waals surface area contributed by atoms with Gasteiger partial charge in [0, 0.05) is 49.8 Å². The molecule has 0 aliphatic carbocycles. The smallest absolute Gasteiger partial charge is 0.321 e. The summed E-state index contributed by atoms with van der Waals surface area (Å²) in [5.74, 6) is 4.73. The molecule has 0 bridgehead atoms. The van der Waals surface area contributed by atoms with E-state index in [0.717, 1.165) is 48.7 Å². The lowest BCUT2D eigenvalue weighted by Gasteiger charge is -2.57. The van der Waals surface area contributed by atoms with Gasteiger partial charge in [-0.15, -0.1) is 0 Å². The molecular formula is C26H29F2N3O3. The van der Waals surface area contributed by atoms with E-state index in [1.165, 1.54) is 0 Å². The highest BCUT2D eigenvalue weighted by Gasteiger charge is 2.49. The maximum atomic E-state index is 14.1. The lowest BCUT2D eigenvalue weighted by Crippen LogP contribution is -2.68. The molecule has 2 aromatic carbocycles. The molecule has 2 N–H and O–H groups in total. The van der Waals surface area contributed by atoms with Crippen LogP contribution in [0.5, 0.6) is 0 Å². The summed E-state index contributed by atoms with van der Waals surface area (Å²) in [6.45, 7) is 2.20. The largest absolute Gasteiger partial charge is 0.395 e. The van der Waals surface area contributed by atoms with Crippen molar-refractivity contribution in [1.82, 2.24) is 9.80 Å². The number of aliphatic hydroxyl groups excluding tert-OH is 1. The maximum absolute atomic E-state index is 14.1. The Labute approximate surface area is 198 Å². The first-order chi connectivity index (χ1) is 16.5.